The number of rotatable bonds is 6. The van der Waals surface area contributed by atoms with Crippen LogP contribution in [0.2, 0.25) is 0 Å². The Morgan fingerprint density at radius 1 is 1.24 bits per heavy atom. The van der Waals surface area contributed by atoms with Crippen LogP contribution in [0.25, 0.3) is 0 Å². The van der Waals surface area contributed by atoms with Gasteiger partial charge in [0.1, 0.15) is 11.6 Å². The summed E-state index contributed by atoms with van der Waals surface area (Å²) in [4.78, 5) is 0. The summed E-state index contributed by atoms with van der Waals surface area (Å²) in [5.41, 5.74) is 3.39. The molecule has 0 aliphatic heterocycles. The van der Waals surface area contributed by atoms with Crippen LogP contribution < -0.4 is 11.3 Å². The highest BCUT2D eigenvalue weighted by molar-refractivity contribution is 5.19. The van der Waals surface area contributed by atoms with E-state index >= 15 is 0 Å². The minimum Gasteiger partial charge on any atom is -0.271 e. The average molecular weight is 296 g/mol. The summed E-state index contributed by atoms with van der Waals surface area (Å²) in [7, 11) is 0. The third kappa shape index (κ3) is 4.48. The molecule has 0 aromatic heterocycles. The van der Waals surface area contributed by atoms with Crippen LogP contribution in [0.1, 0.15) is 51.0 Å². The quantitative estimate of drug-likeness (QED) is 0.616. The summed E-state index contributed by atoms with van der Waals surface area (Å²) in [5, 5.41) is 0. The fourth-order valence-corrected chi connectivity index (χ4v) is 3.57. The molecule has 1 saturated carbocycles. The van der Waals surface area contributed by atoms with E-state index in [1.165, 1.54) is 37.8 Å². The molecule has 2 nitrogen and oxygen atoms in total. The molecule has 1 aromatic carbocycles. The van der Waals surface area contributed by atoms with Crippen molar-refractivity contribution in [1.82, 2.24) is 5.43 Å². The van der Waals surface area contributed by atoms with Crippen LogP contribution in [-0.4, -0.2) is 6.04 Å². The SMILES string of the molecule is CCCC1CCC(C(Cc2ccc(F)cc2F)NN)CC1. The summed E-state index contributed by atoms with van der Waals surface area (Å²) in [6.07, 6.45) is 7.83. The third-order valence-corrected chi connectivity index (χ3v) is 4.83. The second-order valence-electron chi connectivity index (χ2n) is 6.28. The average Bonchev–Trinajstić information content (AvgIpc) is 2.48. The van der Waals surface area contributed by atoms with E-state index in [1.54, 1.807) is 0 Å². The van der Waals surface area contributed by atoms with Crippen LogP contribution in [0.5, 0.6) is 0 Å². The van der Waals surface area contributed by atoms with Crippen LogP contribution in [0, 0.1) is 23.5 Å². The first kappa shape index (κ1) is 16.4. The van der Waals surface area contributed by atoms with E-state index in [4.69, 9.17) is 5.84 Å². The molecule has 1 fully saturated rings. The Hall–Kier alpha value is -1.00. The summed E-state index contributed by atoms with van der Waals surface area (Å²) >= 11 is 0. The molecule has 0 bridgehead atoms. The Kier molecular flexibility index (Phi) is 6.12. The van der Waals surface area contributed by atoms with Crippen LogP contribution >= 0.6 is 0 Å². The van der Waals surface area contributed by atoms with Crippen molar-refractivity contribution < 1.29 is 8.78 Å². The Morgan fingerprint density at radius 3 is 2.52 bits per heavy atom. The molecule has 3 N–H and O–H groups in total. The zero-order valence-electron chi connectivity index (χ0n) is 12.7. The van der Waals surface area contributed by atoms with Crippen molar-refractivity contribution in [2.75, 3.05) is 0 Å². The Balaban J connectivity index is 1.94. The monoisotopic (exact) mass is 296 g/mol. The number of hydrogen-bond donors (Lipinski definition) is 2. The Morgan fingerprint density at radius 2 is 1.95 bits per heavy atom. The van der Waals surface area contributed by atoms with Crippen molar-refractivity contribution in [3.63, 3.8) is 0 Å². The minimum absolute atomic E-state index is 0.0625. The van der Waals surface area contributed by atoms with E-state index in [9.17, 15) is 8.78 Å². The number of halogens is 2. The van der Waals surface area contributed by atoms with Crippen LogP contribution in [0.3, 0.4) is 0 Å². The molecule has 1 aliphatic carbocycles. The summed E-state index contributed by atoms with van der Waals surface area (Å²) in [5.74, 6) is 5.99. The predicted molar refractivity (Wildman–Crippen MR) is 81.5 cm³/mol. The van der Waals surface area contributed by atoms with Gasteiger partial charge in [0.05, 0.1) is 0 Å². The molecule has 0 spiro atoms. The number of nitrogens with one attached hydrogen (secondary N) is 1. The molecule has 21 heavy (non-hydrogen) atoms. The van der Waals surface area contributed by atoms with E-state index in [2.05, 4.69) is 12.3 Å². The lowest BCUT2D eigenvalue weighted by Crippen LogP contribution is -2.43. The standard InChI is InChI=1S/C17H26F2N2/c1-2-3-12-4-6-13(7-5-12)17(21-20)10-14-8-9-15(18)11-16(14)19/h8-9,11-13,17,21H,2-7,10,20H2,1H3. The lowest BCUT2D eigenvalue weighted by atomic mass is 9.76. The molecule has 1 aromatic rings. The van der Waals surface area contributed by atoms with E-state index in [0.29, 0.717) is 17.9 Å². The maximum atomic E-state index is 13.8. The molecule has 1 aliphatic rings. The third-order valence-electron chi connectivity index (χ3n) is 4.83. The second-order valence-corrected chi connectivity index (χ2v) is 6.28. The zero-order chi connectivity index (χ0) is 15.2. The first-order valence-electron chi connectivity index (χ1n) is 8.04. The first-order valence-corrected chi connectivity index (χ1v) is 8.04. The van der Waals surface area contributed by atoms with Gasteiger partial charge in [-0.1, -0.05) is 38.7 Å². The van der Waals surface area contributed by atoms with Gasteiger partial charge in [0.2, 0.25) is 0 Å². The van der Waals surface area contributed by atoms with Crippen LogP contribution in [0.15, 0.2) is 18.2 Å². The van der Waals surface area contributed by atoms with Gasteiger partial charge >= 0.3 is 0 Å². The maximum absolute atomic E-state index is 13.8. The Bertz CT molecular complexity index is 442. The Labute approximate surface area is 126 Å². The van der Waals surface area contributed by atoms with Crippen molar-refractivity contribution in [2.24, 2.45) is 17.7 Å². The largest absolute Gasteiger partial charge is 0.271 e. The lowest BCUT2D eigenvalue weighted by Gasteiger charge is -2.33. The lowest BCUT2D eigenvalue weighted by molar-refractivity contribution is 0.212. The van der Waals surface area contributed by atoms with Gasteiger partial charge in [0.25, 0.3) is 0 Å². The summed E-state index contributed by atoms with van der Waals surface area (Å²) < 4.78 is 26.7. The van der Waals surface area contributed by atoms with Crippen molar-refractivity contribution in [2.45, 2.75) is 57.9 Å². The van der Waals surface area contributed by atoms with Crippen LogP contribution in [0.4, 0.5) is 8.78 Å². The molecule has 0 amide bonds. The molecule has 2 rings (SSSR count). The molecule has 0 saturated heterocycles. The number of nitrogens with two attached hydrogens (primary N) is 1. The van der Waals surface area contributed by atoms with Gasteiger partial charge in [-0.25, -0.2) is 8.78 Å². The van der Waals surface area contributed by atoms with Gasteiger partial charge in [-0.3, -0.25) is 11.3 Å². The highest BCUT2D eigenvalue weighted by Gasteiger charge is 2.27. The molecular weight excluding hydrogens is 270 g/mol. The summed E-state index contributed by atoms with van der Waals surface area (Å²) in [6.45, 7) is 2.23. The van der Waals surface area contributed by atoms with Crippen LogP contribution in [-0.2, 0) is 6.42 Å². The van der Waals surface area contributed by atoms with E-state index in [-0.39, 0.29) is 6.04 Å². The molecule has 0 heterocycles. The number of hydrazine groups is 1. The molecular formula is C17H26F2N2. The fraction of sp³-hybridized carbons (Fsp3) is 0.647. The van der Waals surface area contributed by atoms with Crippen molar-refractivity contribution in [3.8, 4) is 0 Å². The van der Waals surface area contributed by atoms with Crippen molar-refractivity contribution in [1.29, 1.82) is 0 Å². The maximum Gasteiger partial charge on any atom is 0.129 e. The summed E-state index contributed by atoms with van der Waals surface area (Å²) in [6, 6.07) is 3.84. The molecule has 4 heteroatoms. The predicted octanol–water partition coefficient (Wildman–Crippen LogP) is 3.95. The van der Waals surface area contributed by atoms with Gasteiger partial charge in [0.15, 0.2) is 0 Å². The van der Waals surface area contributed by atoms with Gasteiger partial charge in [-0.2, -0.15) is 0 Å². The van der Waals surface area contributed by atoms with Gasteiger partial charge in [0, 0.05) is 12.1 Å². The number of benzene rings is 1. The molecule has 118 valence electrons. The number of hydrogen-bond acceptors (Lipinski definition) is 2. The molecule has 0 radical (unpaired) electrons. The highest BCUT2D eigenvalue weighted by Crippen LogP contribution is 2.34. The normalized spacial score (nSPS) is 24.0. The van der Waals surface area contributed by atoms with Gasteiger partial charge in [-0.05, 0) is 42.7 Å². The van der Waals surface area contributed by atoms with Crippen molar-refractivity contribution in [3.05, 3.63) is 35.4 Å². The topological polar surface area (TPSA) is 38.0 Å². The molecule has 1 atom stereocenters. The smallest absolute Gasteiger partial charge is 0.129 e. The van der Waals surface area contributed by atoms with Gasteiger partial charge < -0.3 is 0 Å². The van der Waals surface area contributed by atoms with Gasteiger partial charge in [-0.15, -0.1) is 0 Å². The highest BCUT2D eigenvalue weighted by atomic mass is 19.1. The van der Waals surface area contributed by atoms with Crippen molar-refractivity contribution >= 4 is 0 Å². The van der Waals surface area contributed by atoms with E-state index in [1.807, 2.05) is 0 Å². The minimum atomic E-state index is -0.534. The second kappa shape index (κ2) is 7.85. The first-order chi connectivity index (χ1) is 10.1. The zero-order valence-corrected chi connectivity index (χ0v) is 12.7. The van der Waals surface area contributed by atoms with E-state index < -0.39 is 11.6 Å². The molecule has 1 unspecified atom stereocenters. The van der Waals surface area contributed by atoms with E-state index in [0.717, 1.165) is 24.8 Å². The fourth-order valence-electron chi connectivity index (χ4n) is 3.57.